The van der Waals surface area contributed by atoms with Gasteiger partial charge in [-0.25, -0.2) is 0 Å². The molecular weight excluding hydrogens is 230 g/mol. The number of hydrogen-bond donors (Lipinski definition) is 1. The monoisotopic (exact) mass is 257 g/mol. The van der Waals surface area contributed by atoms with Crippen LogP contribution in [-0.4, -0.2) is 22.7 Å². The van der Waals surface area contributed by atoms with Crippen LogP contribution in [0.15, 0.2) is 0 Å². The van der Waals surface area contributed by atoms with Crippen molar-refractivity contribution in [3.05, 3.63) is 10.1 Å². The standard InChI is InChI=1S/C14H27NO3/c1-14(2,3)9-8-11(10-16)12-6-4-5-7-13(12)15(17)18/h11-13,16H,4-10H2,1-3H3/t11-,12+,13+/m0/s1. The predicted octanol–water partition coefficient (Wildman–Crippen LogP) is 3.26. The third-order valence-electron chi connectivity index (χ3n) is 4.16. The van der Waals surface area contributed by atoms with Crippen LogP contribution in [0.5, 0.6) is 0 Å². The van der Waals surface area contributed by atoms with Gasteiger partial charge in [0, 0.05) is 23.9 Å². The van der Waals surface area contributed by atoms with Gasteiger partial charge in [0.2, 0.25) is 6.04 Å². The van der Waals surface area contributed by atoms with E-state index in [4.69, 9.17) is 0 Å². The van der Waals surface area contributed by atoms with E-state index in [9.17, 15) is 15.2 Å². The molecule has 1 aliphatic rings. The molecule has 0 unspecified atom stereocenters. The molecule has 1 fully saturated rings. The molecule has 0 heterocycles. The molecule has 0 aliphatic heterocycles. The molecule has 106 valence electrons. The van der Waals surface area contributed by atoms with Gasteiger partial charge in [-0.3, -0.25) is 10.1 Å². The Hall–Kier alpha value is -0.640. The van der Waals surface area contributed by atoms with Crippen molar-refractivity contribution in [2.24, 2.45) is 17.3 Å². The maximum absolute atomic E-state index is 11.1. The summed E-state index contributed by atoms with van der Waals surface area (Å²) < 4.78 is 0. The van der Waals surface area contributed by atoms with E-state index in [-0.39, 0.29) is 28.8 Å². The molecule has 0 aromatic carbocycles. The fourth-order valence-corrected chi connectivity index (χ4v) is 3.01. The molecule has 18 heavy (non-hydrogen) atoms. The third-order valence-corrected chi connectivity index (χ3v) is 4.16. The van der Waals surface area contributed by atoms with Gasteiger partial charge in [-0.15, -0.1) is 0 Å². The van der Waals surface area contributed by atoms with Gasteiger partial charge < -0.3 is 5.11 Å². The minimum atomic E-state index is -0.434. The maximum Gasteiger partial charge on any atom is 0.216 e. The molecular formula is C14H27NO3. The molecule has 0 aromatic rings. The summed E-state index contributed by atoms with van der Waals surface area (Å²) in [5, 5.41) is 20.7. The largest absolute Gasteiger partial charge is 0.396 e. The summed E-state index contributed by atoms with van der Waals surface area (Å²) in [7, 11) is 0. The van der Waals surface area contributed by atoms with Gasteiger partial charge >= 0.3 is 0 Å². The Bertz CT molecular complexity index is 273. The smallest absolute Gasteiger partial charge is 0.216 e. The number of nitrogens with zero attached hydrogens (tertiary/aromatic N) is 1. The predicted molar refractivity (Wildman–Crippen MR) is 72.0 cm³/mol. The van der Waals surface area contributed by atoms with Gasteiger partial charge in [-0.05, 0) is 37.0 Å². The van der Waals surface area contributed by atoms with E-state index >= 15 is 0 Å². The normalized spacial score (nSPS) is 26.9. The molecule has 1 aliphatic carbocycles. The lowest BCUT2D eigenvalue weighted by Gasteiger charge is -2.32. The van der Waals surface area contributed by atoms with Crippen molar-refractivity contribution in [2.75, 3.05) is 6.61 Å². The molecule has 0 radical (unpaired) electrons. The summed E-state index contributed by atoms with van der Waals surface area (Å²) in [6.07, 6.45) is 5.53. The highest BCUT2D eigenvalue weighted by molar-refractivity contribution is 4.82. The van der Waals surface area contributed by atoms with Crippen LogP contribution in [-0.2, 0) is 0 Å². The molecule has 4 nitrogen and oxygen atoms in total. The first-order valence-corrected chi connectivity index (χ1v) is 7.09. The zero-order valence-corrected chi connectivity index (χ0v) is 11.9. The van der Waals surface area contributed by atoms with Crippen LogP contribution < -0.4 is 0 Å². The Kier molecular flexibility index (Phi) is 5.57. The van der Waals surface area contributed by atoms with Gasteiger partial charge in [0.1, 0.15) is 0 Å². The van der Waals surface area contributed by atoms with Crippen molar-refractivity contribution in [1.29, 1.82) is 0 Å². The van der Waals surface area contributed by atoms with Gasteiger partial charge in [0.15, 0.2) is 0 Å². The first-order valence-electron chi connectivity index (χ1n) is 7.09. The summed E-state index contributed by atoms with van der Waals surface area (Å²) in [6, 6.07) is -0.434. The van der Waals surface area contributed by atoms with E-state index < -0.39 is 6.04 Å². The fraction of sp³-hybridized carbons (Fsp3) is 1.00. The average molecular weight is 257 g/mol. The second-order valence-corrected chi connectivity index (χ2v) is 6.84. The van der Waals surface area contributed by atoms with E-state index in [0.29, 0.717) is 6.42 Å². The lowest BCUT2D eigenvalue weighted by molar-refractivity contribution is -0.538. The van der Waals surface area contributed by atoms with Gasteiger partial charge in [0.25, 0.3) is 0 Å². The number of rotatable bonds is 5. The minimum absolute atomic E-state index is 0.0705. The lowest BCUT2D eigenvalue weighted by atomic mass is 9.73. The zero-order valence-electron chi connectivity index (χ0n) is 11.9. The van der Waals surface area contributed by atoms with Crippen molar-refractivity contribution < 1.29 is 10.0 Å². The van der Waals surface area contributed by atoms with Crippen LogP contribution in [0.3, 0.4) is 0 Å². The Morgan fingerprint density at radius 2 is 1.94 bits per heavy atom. The molecule has 1 N–H and O–H groups in total. The van der Waals surface area contributed by atoms with Gasteiger partial charge in [-0.1, -0.05) is 27.2 Å². The summed E-state index contributed by atoms with van der Waals surface area (Å²) >= 11 is 0. The number of hydrogen-bond acceptors (Lipinski definition) is 3. The Labute approximate surface area is 110 Å². The van der Waals surface area contributed by atoms with E-state index in [1.165, 1.54) is 0 Å². The number of nitro groups is 1. The Morgan fingerprint density at radius 3 is 2.44 bits per heavy atom. The average Bonchev–Trinajstić information content (AvgIpc) is 2.28. The molecule has 0 spiro atoms. The van der Waals surface area contributed by atoms with E-state index in [1.54, 1.807) is 0 Å². The highest BCUT2D eigenvalue weighted by Gasteiger charge is 2.38. The third kappa shape index (κ3) is 4.56. The van der Waals surface area contributed by atoms with Crippen molar-refractivity contribution in [2.45, 2.75) is 65.3 Å². The fourth-order valence-electron chi connectivity index (χ4n) is 3.01. The highest BCUT2D eigenvalue weighted by Crippen LogP contribution is 2.36. The van der Waals surface area contributed by atoms with Crippen molar-refractivity contribution >= 4 is 0 Å². The molecule has 1 saturated carbocycles. The van der Waals surface area contributed by atoms with Crippen molar-refractivity contribution in [1.82, 2.24) is 0 Å². The second-order valence-electron chi connectivity index (χ2n) is 6.84. The maximum atomic E-state index is 11.1. The topological polar surface area (TPSA) is 63.4 Å². The van der Waals surface area contributed by atoms with Crippen LogP contribution >= 0.6 is 0 Å². The van der Waals surface area contributed by atoms with Gasteiger partial charge in [0.05, 0.1) is 0 Å². The number of aliphatic hydroxyl groups excluding tert-OH is 1. The first-order chi connectivity index (χ1) is 8.35. The van der Waals surface area contributed by atoms with Crippen molar-refractivity contribution in [3.63, 3.8) is 0 Å². The quantitative estimate of drug-likeness (QED) is 0.607. The minimum Gasteiger partial charge on any atom is -0.396 e. The lowest BCUT2D eigenvalue weighted by Crippen LogP contribution is -2.38. The molecule has 4 heteroatoms. The molecule has 0 bridgehead atoms. The first kappa shape index (κ1) is 15.4. The molecule has 3 atom stereocenters. The van der Waals surface area contributed by atoms with E-state index in [0.717, 1.165) is 32.1 Å². The second kappa shape index (κ2) is 6.50. The molecule has 0 aromatic heterocycles. The Morgan fingerprint density at radius 1 is 1.33 bits per heavy atom. The van der Waals surface area contributed by atoms with Crippen LogP contribution in [0.25, 0.3) is 0 Å². The summed E-state index contributed by atoms with van der Waals surface area (Å²) in [4.78, 5) is 11.0. The van der Waals surface area contributed by atoms with Crippen LogP contribution in [0.1, 0.15) is 59.3 Å². The molecule has 0 amide bonds. The summed E-state index contributed by atoms with van der Waals surface area (Å²) in [5.74, 6) is 0.168. The highest BCUT2D eigenvalue weighted by atomic mass is 16.6. The van der Waals surface area contributed by atoms with Crippen LogP contribution in [0, 0.1) is 27.4 Å². The van der Waals surface area contributed by atoms with E-state index in [2.05, 4.69) is 20.8 Å². The Balaban J connectivity index is 2.63. The van der Waals surface area contributed by atoms with Crippen LogP contribution in [0.4, 0.5) is 0 Å². The van der Waals surface area contributed by atoms with Gasteiger partial charge in [-0.2, -0.15) is 0 Å². The SMILES string of the molecule is CC(C)(C)CC[C@@H](CO)[C@H]1CCCC[C@H]1[N+](=O)[O-]. The zero-order chi connectivity index (χ0) is 13.8. The van der Waals surface area contributed by atoms with Crippen molar-refractivity contribution in [3.8, 4) is 0 Å². The van der Waals surface area contributed by atoms with Crippen LogP contribution in [0.2, 0.25) is 0 Å². The summed E-state index contributed by atoms with van der Waals surface area (Å²) in [5.41, 5.74) is 0.228. The molecule has 1 rings (SSSR count). The molecule has 0 saturated heterocycles. The summed E-state index contributed by atoms with van der Waals surface area (Å²) in [6.45, 7) is 6.61. The van der Waals surface area contributed by atoms with E-state index in [1.807, 2.05) is 0 Å². The number of aliphatic hydroxyl groups is 1.